The number of methoxy groups -OCH3 is 1. The molecule has 4 nitrogen and oxygen atoms in total. The number of rotatable bonds is 4. The lowest BCUT2D eigenvalue weighted by Gasteiger charge is -2.07. The average molecular weight is 244 g/mol. The molecule has 1 heterocycles. The molecular weight excluding hydrogens is 228 g/mol. The van der Waals surface area contributed by atoms with Crippen LogP contribution in [-0.4, -0.2) is 23.2 Å². The van der Waals surface area contributed by atoms with Gasteiger partial charge >= 0.3 is 0 Å². The van der Waals surface area contributed by atoms with E-state index < -0.39 is 0 Å². The number of nitrogens with zero attached hydrogens (tertiary/aromatic N) is 2. The van der Waals surface area contributed by atoms with Gasteiger partial charge in [-0.25, -0.2) is 4.68 Å². The quantitative estimate of drug-likeness (QED) is 0.777. The Morgan fingerprint density at radius 2 is 2.06 bits per heavy atom. The van der Waals surface area contributed by atoms with Crippen LogP contribution in [-0.2, 0) is 0 Å². The summed E-state index contributed by atoms with van der Waals surface area (Å²) in [6.45, 7) is 4.03. The lowest BCUT2D eigenvalue weighted by molar-refractivity contribution is 0.112. The van der Waals surface area contributed by atoms with Crippen molar-refractivity contribution in [1.82, 2.24) is 9.78 Å². The first-order valence-electron chi connectivity index (χ1n) is 5.85. The Hall–Kier alpha value is -2.10. The smallest absolute Gasteiger partial charge is 0.153 e. The molecule has 94 valence electrons. The molecule has 0 aliphatic heterocycles. The Labute approximate surface area is 106 Å². The van der Waals surface area contributed by atoms with E-state index in [9.17, 15) is 4.79 Å². The first-order valence-corrected chi connectivity index (χ1v) is 5.85. The van der Waals surface area contributed by atoms with Crippen molar-refractivity contribution in [3.63, 3.8) is 0 Å². The third kappa shape index (κ3) is 2.14. The van der Waals surface area contributed by atoms with Crippen LogP contribution in [0, 0.1) is 0 Å². The third-order valence-electron chi connectivity index (χ3n) is 2.78. The van der Waals surface area contributed by atoms with E-state index in [1.165, 1.54) is 0 Å². The minimum absolute atomic E-state index is 0.209. The molecule has 0 unspecified atom stereocenters. The number of ether oxygens (including phenoxy) is 1. The predicted octanol–water partition coefficient (Wildman–Crippen LogP) is 2.82. The molecule has 0 bridgehead atoms. The van der Waals surface area contributed by atoms with E-state index in [2.05, 4.69) is 5.10 Å². The summed E-state index contributed by atoms with van der Waals surface area (Å²) in [4.78, 5) is 11.0. The van der Waals surface area contributed by atoms with Crippen molar-refractivity contribution in [3.05, 3.63) is 41.7 Å². The van der Waals surface area contributed by atoms with Gasteiger partial charge in [-0.2, -0.15) is 5.10 Å². The number of aldehydes is 1. The van der Waals surface area contributed by atoms with Crippen molar-refractivity contribution in [2.24, 2.45) is 0 Å². The van der Waals surface area contributed by atoms with Crippen molar-refractivity contribution in [2.45, 2.75) is 19.8 Å². The van der Waals surface area contributed by atoms with Crippen molar-refractivity contribution in [1.29, 1.82) is 0 Å². The monoisotopic (exact) mass is 244 g/mol. The molecule has 18 heavy (non-hydrogen) atoms. The van der Waals surface area contributed by atoms with Crippen molar-refractivity contribution >= 4 is 6.29 Å². The number of para-hydroxylation sites is 2. The van der Waals surface area contributed by atoms with E-state index >= 15 is 0 Å². The topological polar surface area (TPSA) is 44.1 Å². The zero-order valence-corrected chi connectivity index (χ0v) is 10.8. The number of carbonyl (C=O) groups excluding carboxylic acids is 1. The molecule has 0 saturated heterocycles. The molecule has 2 rings (SSSR count). The Balaban J connectivity index is 2.54. The van der Waals surface area contributed by atoms with Crippen LogP contribution in [0.1, 0.15) is 35.8 Å². The van der Waals surface area contributed by atoms with Gasteiger partial charge in [-0.1, -0.05) is 26.0 Å². The fourth-order valence-corrected chi connectivity index (χ4v) is 1.88. The number of aromatic nitrogens is 2. The minimum atomic E-state index is 0.209. The molecule has 1 aromatic carbocycles. The van der Waals surface area contributed by atoms with Crippen molar-refractivity contribution < 1.29 is 9.53 Å². The number of benzene rings is 1. The summed E-state index contributed by atoms with van der Waals surface area (Å²) in [5, 5.41) is 4.46. The van der Waals surface area contributed by atoms with E-state index in [0.717, 1.165) is 23.4 Å². The molecule has 0 aliphatic carbocycles. The van der Waals surface area contributed by atoms with E-state index in [1.807, 2.05) is 38.1 Å². The number of hydrogen-bond donors (Lipinski definition) is 0. The average Bonchev–Trinajstić information content (AvgIpc) is 2.82. The maximum atomic E-state index is 11.0. The van der Waals surface area contributed by atoms with Gasteiger partial charge in [0, 0.05) is 6.20 Å². The van der Waals surface area contributed by atoms with Crippen LogP contribution >= 0.6 is 0 Å². The van der Waals surface area contributed by atoms with Gasteiger partial charge in [0.05, 0.1) is 18.4 Å². The SMILES string of the molecule is COc1ccccc1-n1cc(C=O)c(C(C)C)n1. The largest absolute Gasteiger partial charge is 0.494 e. The molecule has 2 aromatic rings. The molecule has 0 saturated carbocycles. The van der Waals surface area contributed by atoms with Gasteiger partial charge < -0.3 is 4.74 Å². The molecule has 0 spiro atoms. The fourth-order valence-electron chi connectivity index (χ4n) is 1.88. The summed E-state index contributed by atoms with van der Waals surface area (Å²) in [6.07, 6.45) is 2.58. The van der Waals surface area contributed by atoms with Gasteiger partial charge in [0.15, 0.2) is 6.29 Å². The summed E-state index contributed by atoms with van der Waals surface area (Å²) in [5.74, 6) is 0.939. The Morgan fingerprint density at radius 1 is 1.33 bits per heavy atom. The summed E-state index contributed by atoms with van der Waals surface area (Å²) in [5.41, 5.74) is 2.25. The first kappa shape index (κ1) is 12.4. The molecule has 0 amide bonds. The minimum Gasteiger partial charge on any atom is -0.494 e. The highest BCUT2D eigenvalue weighted by molar-refractivity contribution is 5.76. The molecule has 0 N–H and O–H groups in total. The summed E-state index contributed by atoms with van der Waals surface area (Å²) < 4.78 is 6.99. The Morgan fingerprint density at radius 3 is 2.61 bits per heavy atom. The molecule has 0 atom stereocenters. The second-order valence-corrected chi connectivity index (χ2v) is 4.36. The van der Waals surface area contributed by atoms with Crippen LogP contribution in [0.5, 0.6) is 5.75 Å². The normalized spacial score (nSPS) is 10.7. The van der Waals surface area contributed by atoms with Crippen LogP contribution in [0.25, 0.3) is 5.69 Å². The lowest BCUT2D eigenvalue weighted by Crippen LogP contribution is -1.99. The van der Waals surface area contributed by atoms with Gasteiger partial charge in [-0.3, -0.25) is 4.79 Å². The van der Waals surface area contributed by atoms with Crippen LogP contribution in [0.2, 0.25) is 0 Å². The van der Waals surface area contributed by atoms with Crippen LogP contribution in [0.15, 0.2) is 30.5 Å². The second-order valence-electron chi connectivity index (χ2n) is 4.36. The highest BCUT2D eigenvalue weighted by atomic mass is 16.5. The molecule has 1 aromatic heterocycles. The van der Waals surface area contributed by atoms with Gasteiger partial charge in [0.2, 0.25) is 0 Å². The highest BCUT2D eigenvalue weighted by Gasteiger charge is 2.14. The van der Waals surface area contributed by atoms with Gasteiger partial charge in [0.25, 0.3) is 0 Å². The standard InChI is InChI=1S/C14H16N2O2/c1-10(2)14-11(9-17)8-16(15-14)12-6-4-5-7-13(12)18-3/h4-10H,1-3H3. The number of hydrogen-bond acceptors (Lipinski definition) is 3. The van der Waals surface area contributed by atoms with E-state index in [-0.39, 0.29) is 5.92 Å². The Kier molecular flexibility index (Phi) is 3.46. The molecule has 0 aliphatic rings. The van der Waals surface area contributed by atoms with Crippen LogP contribution in [0.4, 0.5) is 0 Å². The zero-order valence-electron chi connectivity index (χ0n) is 10.8. The molecule has 0 fully saturated rings. The summed E-state index contributed by atoms with van der Waals surface area (Å²) in [6, 6.07) is 7.59. The zero-order chi connectivity index (χ0) is 13.1. The summed E-state index contributed by atoms with van der Waals surface area (Å²) >= 11 is 0. The highest BCUT2D eigenvalue weighted by Crippen LogP contribution is 2.24. The lowest BCUT2D eigenvalue weighted by atomic mass is 10.1. The van der Waals surface area contributed by atoms with Gasteiger partial charge in [-0.15, -0.1) is 0 Å². The second kappa shape index (κ2) is 5.04. The van der Waals surface area contributed by atoms with Crippen LogP contribution in [0.3, 0.4) is 0 Å². The predicted molar refractivity (Wildman–Crippen MR) is 69.6 cm³/mol. The third-order valence-corrected chi connectivity index (χ3v) is 2.78. The number of carbonyl (C=O) groups is 1. The maximum absolute atomic E-state index is 11.0. The molecule has 4 heteroatoms. The maximum Gasteiger partial charge on any atom is 0.153 e. The van der Waals surface area contributed by atoms with Gasteiger partial charge in [-0.05, 0) is 18.1 Å². The Bertz CT molecular complexity index is 559. The van der Waals surface area contributed by atoms with E-state index in [4.69, 9.17) is 4.74 Å². The van der Waals surface area contributed by atoms with Crippen molar-refractivity contribution in [2.75, 3.05) is 7.11 Å². The van der Waals surface area contributed by atoms with E-state index in [0.29, 0.717) is 5.56 Å². The molecular formula is C14H16N2O2. The van der Waals surface area contributed by atoms with Gasteiger partial charge in [0.1, 0.15) is 11.4 Å². The van der Waals surface area contributed by atoms with Crippen LogP contribution < -0.4 is 4.74 Å². The van der Waals surface area contributed by atoms with E-state index in [1.54, 1.807) is 18.0 Å². The first-order chi connectivity index (χ1) is 8.67. The summed E-state index contributed by atoms with van der Waals surface area (Å²) in [7, 11) is 1.62. The van der Waals surface area contributed by atoms with Crippen molar-refractivity contribution in [3.8, 4) is 11.4 Å². The fraction of sp³-hybridized carbons (Fsp3) is 0.286. The molecule has 0 radical (unpaired) electrons.